The lowest BCUT2D eigenvalue weighted by Crippen LogP contribution is -2.37. The van der Waals surface area contributed by atoms with Gasteiger partial charge in [-0.05, 0) is 62.4 Å². The SMILES string of the molecule is CCN(C(=O)c1ccccc1Cl)C(C)c1nc2ccccc2c(=O)n1-c1ccc(OC)cc1. The Labute approximate surface area is 197 Å². The van der Waals surface area contributed by atoms with Gasteiger partial charge in [0, 0.05) is 6.54 Å². The summed E-state index contributed by atoms with van der Waals surface area (Å²) in [5.74, 6) is 0.921. The van der Waals surface area contributed by atoms with Crippen molar-refractivity contribution in [3.05, 3.63) is 99.6 Å². The van der Waals surface area contributed by atoms with E-state index in [0.717, 1.165) is 0 Å². The highest BCUT2D eigenvalue weighted by molar-refractivity contribution is 6.33. The first kappa shape index (κ1) is 22.6. The molecular weight excluding hydrogens is 438 g/mol. The maximum Gasteiger partial charge on any atom is 0.266 e. The summed E-state index contributed by atoms with van der Waals surface area (Å²) in [5.41, 5.74) is 1.43. The third-order valence-corrected chi connectivity index (χ3v) is 6.01. The second-order valence-corrected chi connectivity index (χ2v) is 7.98. The third kappa shape index (κ3) is 4.22. The quantitative estimate of drug-likeness (QED) is 0.392. The predicted molar refractivity (Wildman–Crippen MR) is 130 cm³/mol. The van der Waals surface area contributed by atoms with Crippen molar-refractivity contribution in [2.24, 2.45) is 0 Å². The fraction of sp³-hybridized carbons (Fsp3) is 0.192. The largest absolute Gasteiger partial charge is 0.497 e. The molecule has 7 heteroatoms. The second-order valence-electron chi connectivity index (χ2n) is 7.57. The maximum absolute atomic E-state index is 13.6. The first-order valence-corrected chi connectivity index (χ1v) is 11.1. The topological polar surface area (TPSA) is 64.4 Å². The number of hydrogen-bond acceptors (Lipinski definition) is 4. The molecule has 0 radical (unpaired) electrons. The van der Waals surface area contributed by atoms with Crippen LogP contribution in [0.2, 0.25) is 5.02 Å². The number of rotatable bonds is 6. The maximum atomic E-state index is 13.6. The molecule has 0 aliphatic heterocycles. The van der Waals surface area contributed by atoms with Crippen LogP contribution in [0, 0.1) is 0 Å². The molecular formula is C26H24ClN3O3. The molecule has 1 atom stereocenters. The van der Waals surface area contributed by atoms with E-state index in [1.807, 2.05) is 26.0 Å². The van der Waals surface area contributed by atoms with Gasteiger partial charge in [-0.3, -0.25) is 14.2 Å². The Morgan fingerprint density at radius 2 is 1.73 bits per heavy atom. The number of para-hydroxylation sites is 1. The van der Waals surface area contributed by atoms with Gasteiger partial charge in [0.15, 0.2) is 0 Å². The molecule has 0 aliphatic carbocycles. The molecule has 1 aromatic heterocycles. The lowest BCUT2D eigenvalue weighted by Gasteiger charge is -2.30. The van der Waals surface area contributed by atoms with Crippen LogP contribution in [0.15, 0.2) is 77.6 Å². The summed E-state index contributed by atoms with van der Waals surface area (Å²) in [6.45, 7) is 4.17. The molecule has 4 aromatic rings. The Kier molecular flexibility index (Phi) is 6.47. The highest BCUT2D eigenvalue weighted by Crippen LogP contribution is 2.26. The number of carbonyl (C=O) groups is 1. The Morgan fingerprint density at radius 3 is 2.39 bits per heavy atom. The lowest BCUT2D eigenvalue weighted by molar-refractivity contribution is 0.0693. The number of ether oxygens (including phenoxy) is 1. The van der Waals surface area contributed by atoms with Crippen molar-refractivity contribution in [2.75, 3.05) is 13.7 Å². The van der Waals surface area contributed by atoms with E-state index in [1.54, 1.807) is 77.2 Å². The van der Waals surface area contributed by atoms with Gasteiger partial charge in [0.1, 0.15) is 11.6 Å². The highest BCUT2D eigenvalue weighted by Gasteiger charge is 2.27. The first-order chi connectivity index (χ1) is 16.0. The molecule has 6 nitrogen and oxygen atoms in total. The van der Waals surface area contributed by atoms with E-state index < -0.39 is 6.04 Å². The van der Waals surface area contributed by atoms with E-state index >= 15 is 0 Å². The van der Waals surface area contributed by atoms with Crippen LogP contribution in [0.5, 0.6) is 5.75 Å². The molecule has 0 aliphatic rings. The fourth-order valence-corrected chi connectivity index (χ4v) is 4.15. The van der Waals surface area contributed by atoms with E-state index in [9.17, 15) is 9.59 Å². The van der Waals surface area contributed by atoms with Gasteiger partial charge in [-0.1, -0.05) is 35.9 Å². The highest BCUT2D eigenvalue weighted by atomic mass is 35.5. The van der Waals surface area contributed by atoms with E-state index in [4.69, 9.17) is 21.3 Å². The molecule has 1 amide bonds. The fourth-order valence-electron chi connectivity index (χ4n) is 3.93. The third-order valence-electron chi connectivity index (χ3n) is 5.68. The molecule has 33 heavy (non-hydrogen) atoms. The number of hydrogen-bond donors (Lipinski definition) is 0. The number of aromatic nitrogens is 2. The zero-order valence-electron chi connectivity index (χ0n) is 18.7. The van der Waals surface area contributed by atoms with Crippen molar-refractivity contribution >= 4 is 28.4 Å². The molecule has 0 bridgehead atoms. The molecule has 0 saturated carbocycles. The average molecular weight is 462 g/mol. The lowest BCUT2D eigenvalue weighted by atomic mass is 10.1. The van der Waals surface area contributed by atoms with Crippen LogP contribution in [0.3, 0.4) is 0 Å². The molecule has 0 fully saturated rings. The Morgan fingerprint density at radius 1 is 1.06 bits per heavy atom. The normalized spacial score (nSPS) is 11.9. The van der Waals surface area contributed by atoms with Crippen molar-refractivity contribution in [1.82, 2.24) is 14.5 Å². The number of nitrogens with zero attached hydrogens (tertiary/aromatic N) is 3. The second kappa shape index (κ2) is 9.46. The van der Waals surface area contributed by atoms with Crippen LogP contribution in [-0.4, -0.2) is 34.0 Å². The van der Waals surface area contributed by atoms with Crippen molar-refractivity contribution in [2.45, 2.75) is 19.9 Å². The van der Waals surface area contributed by atoms with Gasteiger partial charge in [-0.25, -0.2) is 4.98 Å². The summed E-state index contributed by atoms with van der Waals surface area (Å²) in [7, 11) is 1.59. The monoisotopic (exact) mass is 461 g/mol. The summed E-state index contributed by atoms with van der Waals surface area (Å²) in [5, 5.41) is 0.886. The Balaban J connectivity index is 1.90. The van der Waals surface area contributed by atoms with Gasteiger partial charge in [0.05, 0.1) is 40.3 Å². The minimum atomic E-state index is -0.502. The summed E-state index contributed by atoms with van der Waals surface area (Å²) >= 11 is 6.30. The average Bonchev–Trinajstić information content (AvgIpc) is 2.84. The number of fused-ring (bicyclic) bond motifs is 1. The van der Waals surface area contributed by atoms with Gasteiger partial charge in [0.2, 0.25) is 0 Å². The van der Waals surface area contributed by atoms with Crippen molar-refractivity contribution in [3.63, 3.8) is 0 Å². The van der Waals surface area contributed by atoms with Crippen molar-refractivity contribution < 1.29 is 9.53 Å². The van der Waals surface area contributed by atoms with E-state index in [2.05, 4.69) is 0 Å². The van der Waals surface area contributed by atoms with Crippen LogP contribution in [0.4, 0.5) is 0 Å². The van der Waals surface area contributed by atoms with Crippen LogP contribution in [0.25, 0.3) is 16.6 Å². The first-order valence-electron chi connectivity index (χ1n) is 10.7. The summed E-state index contributed by atoms with van der Waals surface area (Å²) in [6.07, 6.45) is 0. The molecule has 0 spiro atoms. The van der Waals surface area contributed by atoms with Crippen LogP contribution in [-0.2, 0) is 0 Å². The van der Waals surface area contributed by atoms with Gasteiger partial charge in [-0.2, -0.15) is 0 Å². The molecule has 0 N–H and O–H groups in total. The molecule has 1 unspecified atom stereocenters. The van der Waals surface area contributed by atoms with Crippen LogP contribution in [0.1, 0.15) is 36.1 Å². The standard InChI is InChI=1S/C26H24ClN3O3/c1-4-29(25(31)20-9-5-7-11-22(20)27)17(2)24-28-23-12-8-6-10-21(23)26(32)30(24)18-13-15-19(33-3)16-14-18/h5-17H,4H2,1-3H3. The Hall–Kier alpha value is -3.64. The van der Waals surface area contributed by atoms with E-state index in [1.165, 1.54) is 0 Å². The number of halogens is 1. The zero-order chi connectivity index (χ0) is 23.5. The number of amides is 1. The molecule has 4 rings (SSSR count). The summed E-state index contributed by atoms with van der Waals surface area (Å²) in [6, 6.07) is 20.8. The van der Waals surface area contributed by atoms with Crippen LogP contribution >= 0.6 is 11.6 Å². The van der Waals surface area contributed by atoms with Gasteiger partial charge < -0.3 is 9.64 Å². The number of benzene rings is 3. The van der Waals surface area contributed by atoms with Crippen LogP contribution < -0.4 is 10.3 Å². The van der Waals surface area contributed by atoms with Gasteiger partial charge in [0.25, 0.3) is 11.5 Å². The smallest absolute Gasteiger partial charge is 0.266 e. The minimum absolute atomic E-state index is 0.200. The number of carbonyl (C=O) groups excluding carboxylic acids is 1. The summed E-state index contributed by atoms with van der Waals surface area (Å²) in [4.78, 5) is 33.5. The minimum Gasteiger partial charge on any atom is -0.497 e. The molecule has 0 saturated heterocycles. The van der Waals surface area contributed by atoms with Crippen molar-refractivity contribution in [1.29, 1.82) is 0 Å². The number of methoxy groups -OCH3 is 1. The zero-order valence-corrected chi connectivity index (χ0v) is 19.4. The van der Waals surface area contributed by atoms with E-state index in [-0.39, 0.29) is 11.5 Å². The van der Waals surface area contributed by atoms with Gasteiger partial charge in [-0.15, -0.1) is 0 Å². The van der Waals surface area contributed by atoms with Gasteiger partial charge >= 0.3 is 0 Å². The molecule has 168 valence electrons. The molecule has 1 heterocycles. The Bertz CT molecular complexity index is 1370. The molecule has 3 aromatic carbocycles. The predicted octanol–water partition coefficient (Wildman–Crippen LogP) is 5.27. The van der Waals surface area contributed by atoms with Crippen molar-refractivity contribution in [3.8, 4) is 11.4 Å². The summed E-state index contributed by atoms with van der Waals surface area (Å²) < 4.78 is 6.83. The van der Waals surface area contributed by atoms with E-state index in [0.29, 0.717) is 45.3 Å².